The van der Waals surface area contributed by atoms with Gasteiger partial charge in [0, 0.05) is 5.02 Å². The van der Waals surface area contributed by atoms with Crippen molar-refractivity contribution in [1.29, 1.82) is 0 Å². The van der Waals surface area contributed by atoms with Gasteiger partial charge in [-0.2, -0.15) is 11.8 Å². The molecule has 0 fully saturated rings. The molecule has 0 heterocycles. The van der Waals surface area contributed by atoms with Crippen molar-refractivity contribution in [1.82, 2.24) is 5.32 Å². The molecule has 0 aliphatic heterocycles. The van der Waals surface area contributed by atoms with Crippen molar-refractivity contribution in [3.8, 4) is 0 Å². The topological polar surface area (TPSA) is 12.0 Å². The Balaban J connectivity index is 2.05. The van der Waals surface area contributed by atoms with Crippen LogP contribution in [0.15, 0.2) is 24.3 Å². The summed E-state index contributed by atoms with van der Waals surface area (Å²) in [7, 11) is 0. The minimum atomic E-state index is 0.880. The molecule has 90 valence electrons. The molecule has 3 heteroatoms. The predicted molar refractivity (Wildman–Crippen MR) is 75.6 cm³/mol. The highest BCUT2D eigenvalue weighted by molar-refractivity contribution is 7.99. The van der Waals surface area contributed by atoms with Gasteiger partial charge in [-0.05, 0) is 49.1 Å². The van der Waals surface area contributed by atoms with E-state index in [1.54, 1.807) is 0 Å². The molecule has 0 unspecified atom stereocenters. The normalized spacial score (nSPS) is 10.6. The van der Waals surface area contributed by atoms with Crippen LogP contribution in [0.3, 0.4) is 0 Å². The van der Waals surface area contributed by atoms with Crippen molar-refractivity contribution in [2.75, 3.05) is 24.6 Å². The van der Waals surface area contributed by atoms with Gasteiger partial charge in [-0.3, -0.25) is 0 Å². The van der Waals surface area contributed by atoms with Crippen LogP contribution in [0.4, 0.5) is 0 Å². The van der Waals surface area contributed by atoms with E-state index in [0.717, 1.165) is 24.5 Å². The van der Waals surface area contributed by atoms with Crippen molar-refractivity contribution in [2.45, 2.75) is 19.8 Å². The zero-order chi connectivity index (χ0) is 11.6. The molecule has 0 aliphatic rings. The largest absolute Gasteiger partial charge is 0.316 e. The summed E-state index contributed by atoms with van der Waals surface area (Å²) in [4.78, 5) is 0. The van der Waals surface area contributed by atoms with Gasteiger partial charge in [0.15, 0.2) is 0 Å². The minimum absolute atomic E-state index is 0.880. The first-order valence-electron chi connectivity index (χ1n) is 5.86. The van der Waals surface area contributed by atoms with Gasteiger partial charge >= 0.3 is 0 Å². The summed E-state index contributed by atoms with van der Waals surface area (Å²) in [5, 5.41) is 4.33. The van der Waals surface area contributed by atoms with Crippen molar-refractivity contribution in [3.05, 3.63) is 34.9 Å². The van der Waals surface area contributed by atoms with Crippen LogP contribution in [0.5, 0.6) is 0 Å². The average Bonchev–Trinajstić information content (AvgIpc) is 2.30. The minimum Gasteiger partial charge on any atom is -0.316 e. The lowest BCUT2D eigenvalue weighted by atomic mass is 10.1. The van der Waals surface area contributed by atoms with Crippen LogP contribution in [0.2, 0.25) is 5.02 Å². The van der Waals surface area contributed by atoms with Gasteiger partial charge in [-0.15, -0.1) is 0 Å². The van der Waals surface area contributed by atoms with Gasteiger partial charge in [0.1, 0.15) is 0 Å². The first-order valence-corrected chi connectivity index (χ1v) is 7.39. The number of nitrogens with one attached hydrogen (secondary N) is 1. The SMILES string of the molecule is CCSCCCNCCc1ccccc1Cl. The zero-order valence-corrected chi connectivity index (χ0v) is 11.4. The Morgan fingerprint density at radius 3 is 2.81 bits per heavy atom. The predicted octanol–water partition coefficient (Wildman–Crippen LogP) is 3.62. The van der Waals surface area contributed by atoms with Crippen molar-refractivity contribution in [2.24, 2.45) is 0 Å². The lowest BCUT2D eigenvalue weighted by Gasteiger charge is -2.06. The second-order valence-electron chi connectivity index (χ2n) is 3.64. The molecule has 0 amide bonds. The van der Waals surface area contributed by atoms with Crippen LogP contribution in [-0.2, 0) is 6.42 Å². The molecule has 1 aromatic carbocycles. The van der Waals surface area contributed by atoms with Gasteiger partial charge in [-0.1, -0.05) is 36.7 Å². The van der Waals surface area contributed by atoms with E-state index in [2.05, 4.69) is 18.3 Å². The van der Waals surface area contributed by atoms with Gasteiger partial charge in [0.25, 0.3) is 0 Å². The fraction of sp³-hybridized carbons (Fsp3) is 0.538. The Labute approximate surface area is 108 Å². The fourth-order valence-electron chi connectivity index (χ4n) is 1.49. The highest BCUT2D eigenvalue weighted by atomic mass is 35.5. The monoisotopic (exact) mass is 257 g/mol. The maximum atomic E-state index is 6.07. The fourth-order valence-corrected chi connectivity index (χ4v) is 2.36. The third kappa shape index (κ3) is 5.78. The molecule has 0 spiro atoms. The highest BCUT2D eigenvalue weighted by Crippen LogP contribution is 2.14. The number of rotatable bonds is 8. The molecule has 0 atom stereocenters. The Morgan fingerprint density at radius 1 is 1.25 bits per heavy atom. The van der Waals surface area contributed by atoms with Crippen LogP contribution in [0.1, 0.15) is 18.9 Å². The number of benzene rings is 1. The lowest BCUT2D eigenvalue weighted by Crippen LogP contribution is -2.19. The van der Waals surface area contributed by atoms with E-state index in [1.807, 2.05) is 30.0 Å². The summed E-state index contributed by atoms with van der Waals surface area (Å²) in [6.07, 6.45) is 2.27. The second-order valence-corrected chi connectivity index (χ2v) is 5.44. The van der Waals surface area contributed by atoms with E-state index in [-0.39, 0.29) is 0 Å². The van der Waals surface area contributed by atoms with Crippen LogP contribution < -0.4 is 5.32 Å². The first-order chi connectivity index (χ1) is 7.84. The summed E-state index contributed by atoms with van der Waals surface area (Å²) in [6, 6.07) is 8.06. The van der Waals surface area contributed by atoms with Crippen molar-refractivity contribution < 1.29 is 0 Å². The zero-order valence-electron chi connectivity index (χ0n) is 9.84. The summed E-state index contributed by atoms with van der Waals surface area (Å²) < 4.78 is 0. The molecule has 0 saturated heterocycles. The smallest absolute Gasteiger partial charge is 0.0438 e. The van der Waals surface area contributed by atoms with Crippen LogP contribution >= 0.6 is 23.4 Å². The molecule has 0 radical (unpaired) electrons. The Bertz CT molecular complexity index is 291. The number of thioether (sulfide) groups is 1. The maximum Gasteiger partial charge on any atom is 0.0438 e. The van der Waals surface area contributed by atoms with E-state index in [4.69, 9.17) is 11.6 Å². The molecule has 1 nitrogen and oxygen atoms in total. The first kappa shape index (κ1) is 13.9. The van der Waals surface area contributed by atoms with Gasteiger partial charge < -0.3 is 5.32 Å². The standard InChI is InChI=1S/C13H20ClNS/c1-2-16-11-5-9-15-10-8-12-6-3-4-7-13(12)14/h3-4,6-7,15H,2,5,8-11H2,1H3. The molecular weight excluding hydrogens is 238 g/mol. The van der Waals surface area contributed by atoms with Gasteiger partial charge in [0.2, 0.25) is 0 Å². The molecular formula is C13H20ClNS. The second kappa shape index (κ2) is 8.91. The summed E-state index contributed by atoms with van der Waals surface area (Å²) in [6.45, 7) is 4.33. The molecule has 1 aromatic rings. The summed E-state index contributed by atoms with van der Waals surface area (Å²) in [5.41, 5.74) is 1.24. The maximum absolute atomic E-state index is 6.07. The van der Waals surface area contributed by atoms with Gasteiger partial charge in [0.05, 0.1) is 0 Å². The van der Waals surface area contributed by atoms with Crippen LogP contribution in [0, 0.1) is 0 Å². The molecule has 16 heavy (non-hydrogen) atoms. The van der Waals surface area contributed by atoms with E-state index >= 15 is 0 Å². The quantitative estimate of drug-likeness (QED) is 0.714. The molecule has 0 aromatic heterocycles. The molecule has 0 bridgehead atoms. The van der Waals surface area contributed by atoms with Crippen LogP contribution in [-0.4, -0.2) is 24.6 Å². The average molecular weight is 258 g/mol. The Hall–Kier alpha value is -0.180. The molecule has 0 aliphatic carbocycles. The molecule has 1 rings (SSSR count). The van der Waals surface area contributed by atoms with E-state index in [9.17, 15) is 0 Å². The van der Waals surface area contributed by atoms with E-state index in [0.29, 0.717) is 0 Å². The van der Waals surface area contributed by atoms with E-state index in [1.165, 1.54) is 23.5 Å². The molecule has 0 saturated carbocycles. The summed E-state index contributed by atoms with van der Waals surface area (Å²) in [5.74, 6) is 2.48. The number of halogens is 1. The number of hydrogen-bond acceptors (Lipinski definition) is 2. The Morgan fingerprint density at radius 2 is 2.06 bits per heavy atom. The van der Waals surface area contributed by atoms with Gasteiger partial charge in [-0.25, -0.2) is 0 Å². The van der Waals surface area contributed by atoms with E-state index < -0.39 is 0 Å². The number of hydrogen-bond donors (Lipinski definition) is 1. The third-order valence-electron chi connectivity index (χ3n) is 2.38. The van der Waals surface area contributed by atoms with Crippen molar-refractivity contribution >= 4 is 23.4 Å². The summed E-state index contributed by atoms with van der Waals surface area (Å²) >= 11 is 8.08. The van der Waals surface area contributed by atoms with Crippen LogP contribution in [0.25, 0.3) is 0 Å². The lowest BCUT2D eigenvalue weighted by molar-refractivity contribution is 0.674. The molecule has 1 N–H and O–H groups in total. The third-order valence-corrected chi connectivity index (χ3v) is 3.73. The Kier molecular flexibility index (Phi) is 7.73. The highest BCUT2D eigenvalue weighted by Gasteiger charge is 1.97. The van der Waals surface area contributed by atoms with Crippen molar-refractivity contribution in [3.63, 3.8) is 0 Å².